The Kier molecular flexibility index (Phi) is 5.28. The lowest BCUT2D eigenvalue weighted by Gasteiger charge is -2.40. The van der Waals surface area contributed by atoms with Crippen LogP contribution in [-0.2, 0) is 6.54 Å². The number of halogens is 1. The second-order valence-corrected chi connectivity index (χ2v) is 5.40. The second kappa shape index (κ2) is 6.96. The number of nitrogens with one attached hydrogen (secondary N) is 1. The summed E-state index contributed by atoms with van der Waals surface area (Å²) in [4.78, 5) is 6.40. The van der Waals surface area contributed by atoms with E-state index in [2.05, 4.69) is 29.0 Å². The Labute approximate surface area is 115 Å². The summed E-state index contributed by atoms with van der Waals surface area (Å²) in [7, 11) is 0. The minimum atomic E-state index is -0.245. The molecule has 1 aromatic heterocycles. The summed E-state index contributed by atoms with van der Waals surface area (Å²) in [5.74, 6) is -0.245. The average Bonchev–Trinajstić information content (AvgIpc) is 2.39. The van der Waals surface area contributed by atoms with Crippen LogP contribution in [0.4, 0.5) is 4.39 Å². The topological polar surface area (TPSA) is 28.2 Å². The number of hydrogen-bond donors (Lipinski definition) is 1. The van der Waals surface area contributed by atoms with Crippen LogP contribution in [0.15, 0.2) is 18.5 Å². The molecular weight excluding hydrogens is 241 g/mol. The number of nitrogens with zero attached hydrogens (tertiary/aromatic N) is 2. The molecule has 2 heterocycles. The van der Waals surface area contributed by atoms with Crippen molar-refractivity contribution in [2.45, 2.75) is 51.7 Å². The van der Waals surface area contributed by atoms with Gasteiger partial charge in [-0.3, -0.25) is 9.88 Å². The van der Waals surface area contributed by atoms with Crippen molar-refractivity contribution >= 4 is 0 Å². The summed E-state index contributed by atoms with van der Waals surface area (Å²) in [6, 6.07) is 2.70. The number of hydrogen-bond acceptors (Lipinski definition) is 3. The maximum Gasteiger partial charge on any atom is 0.141 e. The molecule has 0 aromatic carbocycles. The van der Waals surface area contributed by atoms with Crippen LogP contribution in [0.5, 0.6) is 0 Å². The number of pyridine rings is 1. The second-order valence-electron chi connectivity index (χ2n) is 5.40. The average molecular weight is 265 g/mol. The van der Waals surface area contributed by atoms with Gasteiger partial charge in [0.15, 0.2) is 0 Å². The predicted octanol–water partition coefficient (Wildman–Crippen LogP) is 2.57. The van der Waals surface area contributed by atoms with Crippen molar-refractivity contribution in [3.8, 4) is 0 Å². The first kappa shape index (κ1) is 14.4. The molecule has 2 rings (SSSR count). The Bertz CT molecular complexity index is 397. The molecule has 106 valence electrons. The van der Waals surface area contributed by atoms with Gasteiger partial charge in [-0.15, -0.1) is 0 Å². The summed E-state index contributed by atoms with van der Waals surface area (Å²) in [5, 5.41) is 3.62. The zero-order chi connectivity index (χ0) is 13.7. The molecule has 4 heteroatoms. The van der Waals surface area contributed by atoms with Gasteiger partial charge in [-0.25, -0.2) is 4.39 Å². The highest BCUT2D eigenvalue weighted by molar-refractivity contribution is 5.10. The maximum atomic E-state index is 13.2. The zero-order valence-electron chi connectivity index (χ0n) is 11.9. The van der Waals surface area contributed by atoms with Gasteiger partial charge in [0, 0.05) is 37.9 Å². The summed E-state index contributed by atoms with van der Waals surface area (Å²) in [6.45, 7) is 7.30. The number of aromatic nitrogens is 1. The summed E-state index contributed by atoms with van der Waals surface area (Å²) >= 11 is 0. The Hall–Kier alpha value is -1.00. The van der Waals surface area contributed by atoms with Crippen LogP contribution in [-0.4, -0.2) is 35.1 Å². The van der Waals surface area contributed by atoms with E-state index in [9.17, 15) is 4.39 Å². The normalized spacial score (nSPS) is 24.6. The fourth-order valence-corrected chi connectivity index (χ4v) is 2.84. The molecule has 1 saturated heterocycles. The summed E-state index contributed by atoms with van der Waals surface area (Å²) < 4.78 is 13.2. The zero-order valence-corrected chi connectivity index (χ0v) is 11.9. The third-order valence-electron chi connectivity index (χ3n) is 3.87. The maximum absolute atomic E-state index is 13.2. The quantitative estimate of drug-likeness (QED) is 0.887. The first-order valence-corrected chi connectivity index (χ1v) is 7.29. The minimum absolute atomic E-state index is 0.245. The van der Waals surface area contributed by atoms with Crippen LogP contribution in [0.3, 0.4) is 0 Å². The Morgan fingerprint density at radius 1 is 1.42 bits per heavy atom. The predicted molar refractivity (Wildman–Crippen MR) is 75.4 cm³/mol. The molecule has 1 aliphatic heterocycles. The molecule has 0 aliphatic carbocycles. The SMILES string of the molecule is CCCC1CN(Cc2cncc(F)c2)C(CC)CN1. The highest BCUT2D eigenvalue weighted by atomic mass is 19.1. The number of rotatable bonds is 5. The van der Waals surface area contributed by atoms with E-state index in [1.807, 2.05) is 0 Å². The molecule has 2 atom stereocenters. The van der Waals surface area contributed by atoms with Crippen molar-refractivity contribution in [1.29, 1.82) is 0 Å². The van der Waals surface area contributed by atoms with Gasteiger partial charge >= 0.3 is 0 Å². The lowest BCUT2D eigenvalue weighted by atomic mass is 10.0. The van der Waals surface area contributed by atoms with E-state index in [0.29, 0.717) is 12.1 Å². The van der Waals surface area contributed by atoms with Crippen LogP contribution >= 0.6 is 0 Å². The Morgan fingerprint density at radius 3 is 2.95 bits per heavy atom. The molecule has 3 nitrogen and oxygen atoms in total. The van der Waals surface area contributed by atoms with Gasteiger partial charge in [0.05, 0.1) is 6.20 Å². The number of piperazine rings is 1. The van der Waals surface area contributed by atoms with Gasteiger partial charge in [-0.1, -0.05) is 20.3 Å². The van der Waals surface area contributed by atoms with Gasteiger partial charge in [0.2, 0.25) is 0 Å². The van der Waals surface area contributed by atoms with E-state index in [-0.39, 0.29) is 5.82 Å². The van der Waals surface area contributed by atoms with Crippen molar-refractivity contribution in [1.82, 2.24) is 15.2 Å². The summed E-state index contributed by atoms with van der Waals surface area (Å²) in [6.07, 6.45) is 6.55. The van der Waals surface area contributed by atoms with E-state index >= 15 is 0 Å². The molecule has 0 bridgehead atoms. The van der Waals surface area contributed by atoms with Crippen molar-refractivity contribution < 1.29 is 4.39 Å². The fraction of sp³-hybridized carbons (Fsp3) is 0.667. The standard InChI is InChI=1S/C15H24FN3/c1-3-5-14-11-19(15(4-2)9-18-14)10-12-6-13(16)8-17-7-12/h6-8,14-15,18H,3-5,9-11H2,1-2H3. The minimum Gasteiger partial charge on any atom is -0.311 e. The molecule has 0 saturated carbocycles. The summed E-state index contributed by atoms with van der Waals surface area (Å²) in [5.41, 5.74) is 0.968. The van der Waals surface area contributed by atoms with Crippen LogP contribution in [0.25, 0.3) is 0 Å². The van der Waals surface area contributed by atoms with E-state index in [1.165, 1.54) is 19.0 Å². The van der Waals surface area contributed by atoms with Crippen LogP contribution < -0.4 is 5.32 Å². The molecule has 1 fully saturated rings. The van der Waals surface area contributed by atoms with Gasteiger partial charge < -0.3 is 5.32 Å². The van der Waals surface area contributed by atoms with Crippen LogP contribution in [0, 0.1) is 5.82 Å². The first-order chi connectivity index (χ1) is 9.22. The molecule has 0 amide bonds. The van der Waals surface area contributed by atoms with Gasteiger partial charge in [-0.2, -0.15) is 0 Å². The van der Waals surface area contributed by atoms with Crippen molar-refractivity contribution in [2.75, 3.05) is 13.1 Å². The van der Waals surface area contributed by atoms with Crippen molar-refractivity contribution in [3.63, 3.8) is 0 Å². The monoisotopic (exact) mass is 265 g/mol. The third kappa shape index (κ3) is 3.98. The highest BCUT2D eigenvalue weighted by Crippen LogP contribution is 2.16. The Morgan fingerprint density at radius 2 is 2.26 bits per heavy atom. The molecule has 1 aromatic rings. The van der Waals surface area contributed by atoms with Gasteiger partial charge in [0.25, 0.3) is 0 Å². The van der Waals surface area contributed by atoms with E-state index in [0.717, 1.165) is 31.6 Å². The van der Waals surface area contributed by atoms with Crippen molar-refractivity contribution in [2.24, 2.45) is 0 Å². The Balaban J connectivity index is 2.01. The molecule has 1 N–H and O–H groups in total. The lowest BCUT2D eigenvalue weighted by Crippen LogP contribution is -2.55. The van der Waals surface area contributed by atoms with Gasteiger partial charge in [0.1, 0.15) is 5.82 Å². The van der Waals surface area contributed by atoms with E-state index in [4.69, 9.17) is 0 Å². The molecule has 19 heavy (non-hydrogen) atoms. The van der Waals surface area contributed by atoms with E-state index < -0.39 is 0 Å². The molecule has 0 spiro atoms. The molecule has 1 aliphatic rings. The lowest BCUT2D eigenvalue weighted by molar-refractivity contribution is 0.115. The largest absolute Gasteiger partial charge is 0.311 e. The molecular formula is C15H24FN3. The van der Waals surface area contributed by atoms with Crippen LogP contribution in [0.1, 0.15) is 38.7 Å². The van der Waals surface area contributed by atoms with Crippen LogP contribution in [0.2, 0.25) is 0 Å². The molecule has 2 unspecified atom stereocenters. The van der Waals surface area contributed by atoms with Crippen molar-refractivity contribution in [3.05, 3.63) is 29.8 Å². The smallest absolute Gasteiger partial charge is 0.141 e. The van der Waals surface area contributed by atoms with Gasteiger partial charge in [-0.05, 0) is 24.5 Å². The molecule has 0 radical (unpaired) electrons. The van der Waals surface area contributed by atoms with E-state index in [1.54, 1.807) is 12.3 Å². The highest BCUT2D eigenvalue weighted by Gasteiger charge is 2.26. The first-order valence-electron chi connectivity index (χ1n) is 7.29. The third-order valence-corrected chi connectivity index (χ3v) is 3.87. The fourth-order valence-electron chi connectivity index (χ4n) is 2.84.